The molecule has 0 aromatic carbocycles. The van der Waals surface area contributed by atoms with Gasteiger partial charge in [0.1, 0.15) is 0 Å². The Morgan fingerprint density at radius 1 is 1.19 bits per heavy atom. The second-order valence-electron chi connectivity index (χ2n) is 7.95. The molecule has 21 heavy (non-hydrogen) atoms. The number of halogens is 1. The maximum Gasteiger partial charge on any atom is 0.0622 e. The van der Waals surface area contributed by atoms with Crippen LogP contribution in [-0.4, -0.2) is 16.2 Å². The van der Waals surface area contributed by atoms with E-state index in [0.717, 1.165) is 29.7 Å². The fourth-order valence-corrected chi connectivity index (χ4v) is 6.13. The van der Waals surface area contributed by atoms with E-state index in [1.807, 2.05) is 6.07 Å². The third-order valence-corrected chi connectivity index (χ3v) is 6.49. The summed E-state index contributed by atoms with van der Waals surface area (Å²) in [6.07, 6.45) is 13.3. The standard InChI is InChI=1S/C18H24ClNO/c19-17-11-20-2-1-15(17)6-16(21)10-18-7-12-3-13(8-18)5-14(4-12)9-18/h1-2,11-14,16,21H,3-10H2. The van der Waals surface area contributed by atoms with Crippen molar-refractivity contribution in [1.82, 2.24) is 4.98 Å². The normalized spacial score (nSPS) is 38.7. The Morgan fingerprint density at radius 2 is 1.81 bits per heavy atom. The van der Waals surface area contributed by atoms with Crippen molar-refractivity contribution >= 4 is 11.6 Å². The molecule has 5 rings (SSSR count). The molecule has 0 radical (unpaired) electrons. The van der Waals surface area contributed by atoms with Gasteiger partial charge in [0.15, 0.2) is 0 Å². The van der Waals surface area contributed by atoms with E-state index >= 15 is 0 Å². The van der Waals surface area contributed by atoms with E-state index in [1.54, 1.807) is 12.4 Å². The van der Waals surface area contributed by atoms with E-state index in [2.05, 4.69) is 4.98 Å². The smallest absolute Gasteiger partial charge is 0.0622 e. The molecule has 4 saturated carbocycles. The lowest BCUT2D eigenvalue weighted by atomic mass is 9.48. The Hall–Kier alpha value is -0.600. The van der Waals surface area contributed by atoms with Crippen LogP contribution in [0, 0.1) is 23.2 Å². The molecule has 0 aliphatic heterocycles. The number of hydrogen-bond donors (Lipinski definition) is 1. The average molecular weight is 306 g/mol. The number of nitrogens with zero attached hydrogens (tertiary/aromatic N) is 1. The lowest BCUT2D eigenvalue weighted by molar-refractivity contribution is -0.0756. The third-order valence-electron chi connectivity index (χ3n) is 6.15. The van der Waals surface area contributed by atoms with Gasteiger partial charge in [-0.25, -0.2) is 0 Å². The zero-order chi connectivity index (χ0) is 14.4. The summed E-state index contributed by atoms with van der Waals surface area (Å²) in [6.45, 7) is 0. The number of pyridine rings is 1. The van der Waals surface area contributed by atoms with Crippen molar-refractivity contribution in [3.8, 4) is 0 Å². The van der Waals surface area contributed by atoms with Crippen LogP contribution >= 0.6 is 11.6 Å². The first-order valence-electron chi connectivity index (χ1n) is 8.38. The predicted octanol–water partition coefficient (Wildman–Crippen LogP) is 4.24. The van der Waals surface area contributed by atoms with Gasteiger partial charge < -0.3 is 5.11 Å². The minimum atomic E-state index is -0.263. The van der Waals surface area contributed by atoms with Crippen molar-refractivity contribution in [3.05, 3.63) is 29.0 Å². The second-order valence-corrected chi connectivity index (χ2v) is 8.35. The number of aliphatic hydroxyl groups excluding tert-OH is 1. The van der Waals surface area contributed by atoms with Gasteiger partial charge in [0.05, 0.1) is 11.1 Å². The highest BCUT2D eigenvalue weighted by Gasteiger charge is 2.51. The highest BCUT2D eigenvalue weighted by atomic mass is 35.5. The highest BCUT2D eigenvalue weighted by Crippen LogP contribution is 2.61. The number of rotatable bonds is 4. The summed E-state index contributed by atoms with van der Waals surface area (Å²) in [4.78, 5) is 4.02. The molecule has 1 N–H and O–H groups in total. The Bertz CT molecular complexity index is 494. The maximum absolute atomic E-state index is 10.6. The summed E-state index contributed by atoms with van der Waals surface area (Å²) < 4.78 is 0. The summed E-state index contributed by atoms with van der Waals surface area (Å²) in [5.74, 6) is 2.86. The van der Waals surface area contributed by atoms with Crippen LogP contribution in [0.1, 0.15) is 50.5 Å². The van der Waals surface area contributed by atoms with Crippen molar-refractivity contribution in [2.45, 2.75) is 57.5 Å². The molecule has 4 fully saturated rings. The fraction of sp³-hybridized carbons (Fsp3) is 0.722. The van der Waals surface area contributed by atoms with Crippen LogP contribution in [0.15, 0.2) is 18.5 Å². The van der Waals surface area contributed by atoms with Crippen LogP contribution in [-0.2, 0) is 6.42 Å². The van der Waals surface area contributed by atoms with Crippen LogP contribution in [0.2, 0.25) is 5.02 Å². The Morgan fingerprint density at radius 3 is 2.38 bits per heavy atom. The second kappa shape index (κ2) is 5.24. The van der Waals surface area contributed by atoms with Gasteiger partial charge in [-0.05, 0) is 86.2 Å². The molecule has 1 aromatic rings. The summed E-state index contributed by atoms with van der Waals surface area (Å²) in [5, 5.41) is 11.3. The number of hydrogen-bond acceptors (Lipinski definition) is 2. The van der Waals surface area contributed by atoms with Crippen molar-refractivity contribution < 1.29 is 5.11 Å². The lowest BCUT2D eigenvalue weighted by Crippen LogP contribution is -2.47. The maximum atomic E-state index is 10.6. The van der Waals surface area contributed by atoms with Crippen LogP contribution in [0.3, 0.4) is 0 Å². The SMILES string of the molecule is OC(Cc1ccncc1Cl)CC12CC3CC(CC(C3)C1)C2. The molecule has 1 unspecified atom stereocenters. The van der Waals surface area contributed by atoms with Crippen molar-refractivity contribution in [2.24, 2.45) is 23.2 Å². The molecule has 2 nitrogen and oxygen atoms in total. The Balaban J connectivity index is 1.45. The number of aromatic nitrogens is 1. The van der Waals surface area contributed by atoms with Gasteiger partial charge in [-0.1, -0.05) is 11.6 Å². The first-order chi connectivity index (χ1) is 10.1. The monoisotopic (exact) mass is 305 g/mol. The quantitative estimate of drug-likeness (QED) is 0.902. The fourth-order valence-electron chi connectivity index (χ4n) is 5.94. The highest BCUT2D eigenvalue weighted by molar-refractivity contribution is 6.31. The first-order valence-corrected chi connectivity index (χ1v) is 8.76. The molecule has 4 aliphatic rings. The van der Waals surface area contributed by atoms with Crippen LogP contribution in [0.25, 0.3) is 0 Å². The molecular weight excluding hydrogens is 282 g/mol. The lowest BCUT2D eigenvalue weighted by Gasteiger charge is -2.57. The number of aliphatic hydroxyl groups is 1. The largest absolute Gasteiger partial charge is 0.393 e. The van der Waals surface area contributed by atoms with Crippen LogP contribution in [0.5, 0.6) is 0 Å². The molecule has 1 aromatic heterocycles. The molecule has 114 valence electrons. The summed E-state index contributed by atoms with van der Waals surface area (Å²) in [6, 6.07) is 1.94. The molecule has 0 amide bonds. The molecule has 4 bridgehead atoms. The van der Waals surface area contributed by atoms with Crippen LogP contribution < -0.4 is 0 Å². The van der Waals surface area contributed by atoms with E-state index in [9.17, 15) is 5.11 Å². The Kier molecular flexibility index (Phi) is 3.50. The summed E-state index contributed by atoms with van der Waals surface area (Å²) in [7, 11) is 0. The zero-order valence-corrected chi connectivity index (χ0v) is 13.2. The van der Waals surface area contributed by atoms with E-state index in [1.165, 1.54) is 38.5 Å². The van der Waals surface area contributed by atoms with Gasteiger partial charge in [-0.2, -0.15) is 0 Å². The van der Waals surface area contributed by atoms with Crippen LogP contribution in [0.4, 0.5) is 0 Å². The average Bonchev–Trinajstić information content (AvgIpc) is 2.39. The summed E-state index contributed by atoms with van der Waals surface area (Å²) >= 11 is 6.17. The van der Waals surface area contributed by atoms with Gasteiger partial charge in [-0.15, -0.1) is 0 Å². The Labute approximate surface area is 131 Å². The molecule has 3 heteroatoms. The molecular formula is C18H24ClNO. The molecule has 0 spiro atoms. The van der Waals surface area contributed by atoms with E-state index < -0.39 is 0 Å². The van der Waals surface area contributed by atoms with Gasteiger partial charge in [0.2, 0.25) is 0 Å². The van der Waals surface area contributed by atoms with Gasteiger partial charge in [-0.3, -0.25) is 4.98 Å². The van der Waals surface area contributed by atoms with Crippen molar-refractivity contribution in [3.63, 3.8) is 0 Å². The molecule has 1 atom stereocenters. The van der Waals surface area contributed by atoms with E-state index in [4.69, 9.17) is 11.6 Å². The predicted molar refractivity (Wildman–Crippen MR) is 84.2 cm³/mol. The topological polar surface area (TPSA) is 33.1 Å². The minimum Gasteiger partial charge on any atom is -0.393 e. The molecule has 1 heterocycles. The van der Waals surface area contributed by atoms with Gasteiger partial charge in [0, 0.05) is 12.4 Å². The van der Waals surface area contributed by atoms with Crippen molar-refractivity contribution in [1.29, 1.82) is 0 Å². The van der Waals surface area contributed by atoms with Gasteiger partial charge >= 0.3 is 0 Å². The molecule has 0 saturated heterocycles. The molecule has 4 aliphatic carbocycles. The van der Waals surface area contributed by atoms with Crippen molar-refractivity contribution in [2.75, 3.05) is 0 Å². The third kappa shape index (κ3) is 2.73. The van der Waals surface area contributed by atoms with Gasteiger partial charge in [0.25, 0.3) is 0 Å². The first kappa shape index (κ1) is 14.0. The van der Waals surface area contributed by atoms with E-state index in [0.29, 0.717) is 16.9 Å². The minimum absolute atomic E-state index is 0.263. The zero-order valence-electron chi connectivity index (χ0n) is 12.5. The van der Waals surface area contributed by atoms with E-state index in [-0.39, 0.29) is 6.10 Å². The summed E-state index contributed by atoms with van der Waals surface area (Å²) in [5.41, 5.74) is 1.47.